The first-order chi connectivity index (χ1) is 13.9. The Morgan fingerprint density at radius 3 is 2.45 bits per heavy atom. The predicted octanol–water partition coefficient (Wildman–Crippen LogP) is 4.36. The van der Waals surface area contributed by atoms with Crippen LogP contribution in [0.4, 0.5) is 5.69 Å². The fraction of sp³-hybridized carbons (Fsp3) is 0.130. The van der Waals surface area contributed by atoms with Gasteiger partial charge < -0.3 is 15.4 Å². The van der Waals surface area contributed by atoms with Crippen molar-refractivity contribution in [3.05, 3.63) is 94.5 Å². The average molecular weight is 409 g/mol. The van der Waals surface area contributed by atoms with E-state index in [0.29, 0.717) is 11.6 Å². The maximum absolute atomic E-state index is 13.0. The molecule has 2 amide bonds. The van der Waals surface area contributed by atoms with Crippen molar-refractivity contribution in [2.45, 2.75) is 13.5 Å². The van der Waals surface area contributed by atoms with Crippen molar-refractivity contribution in [3.63, 3.8) is 0 Å². The normalized spacial score (nSPS) is 10.4. The van der Waals surface area contributed by atoms with Gasteiger partial charge in [-0.3, -0.25) is 9.59 Å². The van der Waals surface area contributed by atoms with E-state index in [9.17, 15) is 9.59 Å². The second-order valence-corrected chi connectivity index (χ2v) is 7.03. The van der Waals surface area contributed by atoms with Gasteiger partial charge in [0.2, 0.25) is 0 Å². The van der Waals surface area contributed by atoms with Crippen LogP contribution in [0.15, 0.2) is 72.8 Å². The number of nitrogens with two attached hydrogens (primary N) is 1. The molecule has 0 spiro atoms. The Hall–Kier alpha value is -3.31. The van der Waals surface area contributed by atoms with Crippen LogP contribution in [-0.2, 0) is 11.3 Å². The van der Waals surface area contributed by atoms with E-state index in [1.165, 1.54) is 12.1 Å². The lowest BCUT2D eigenvalue weighted by Gasteiger charge is -2.24. The third-order valence-corrected chi connectivity index (χ3v) is 4.59. The molecule has 3 rings (SSSR count). The maximum atomic E-state index is 13.0. The minimum atomic E-state index is -0.672. The van der Waals surface area contributed by atoms with Crippen LogP contribution in [0.5, 0.6) is 5.75 Å². The number of hydrogen-bond acceptors (Lipinski definition) is 3. The van der Waals surface area contributed by atoms with E-state index in [0.717, 1.165) is 16.8 Å². The standard InChI is InChI=1S/C23H21ClN2O3/c1-16-6-5-9-19(12-16)26(14-17-7-3-2-4-8-17)22(27)15-29-21-11-10-18(24)13-20(21)23(25)28/h2-13H,14-15H2,1H3,(H2,25,28). The molecule has 0 aromatic heterocycles. The quantitative estimate of drug-likeness (QED) is 0.631. The summed E-state index contributed by atoms with van der Waals surface area (Å²) >= 11 is 5.92. The Balaban J connectivity index is 1.83. The van der Waals surface area contributed by atoms with Crippen molar-refractivity contribution in [2.24, 2.45) is 5.73 Å². The molecule has 0 fully saturated rings. The summed E-state index contributed by atoms with van der Waals surface area (Å²) in [5.41, 5.74) is 8.33. The van der Waals surface area contributed by atoms with Crippen molar-refractivity contribution in [3.8, 4) is 5.75 Å². The number of rotatable bonds is 7. The molecule has 5 nitrogen and oxygen atoms in total. The van der Waals surface area contributed by atoms with Crippen LogP contribution in [0.3, 0.4) is 0 Å². The van der Waals surface area contributed by atoms with Gasteiger partial charge in [-0.2, -0.15) is 0 Å². The highest BCUT2D eigenvalue weighted by Crippen LogP contribution is 2.24. The number of aryl methyl sites for hydroxylation is 1. The molecule has 0 aliphatic rings. The Morgan fingerprint density at radius 2 is 1.76 bits per heavy atom. The fourth-order valence-electron chi connectivity index (χ4n) is 2.92. The van der Waals surface area contributed by atoms with Crippen LogP contribution in [-0.4, -0.2) is 18.4 Å². The van der Waals surface area contributed by atoms with Gasteiger partial charge in [-0.15, -0.1) is 0 Å². The molecule has 0 radical (unpaired) electrons. The summed E-state index contributed by atoms with van der Waals surface area (Å²) in [5.74, 6) is -0.696. The first-order valence-electron chi connectivity index (χ1n) is 9.07. The van der Waals surface area contributed by atoms with Crippen molar-refractivity contribution in [1.29, 1.82) is 0 Å². The van der Waals surface area contributed by atoms with E-state index < -0.39 is 5.91 Å². The molecule has 0 unspecified atom stereocenters. The highest BCUT2D eigenvalue weighted by atomic mass is 35.5. The van der Waals surface area contributed by atoms with Crippen LogP contribution in [0.2, 0.25) is 5.02 Å². The van der Waals surface area contributed by atoms with Gasteiger partial charge in [0.15, 0.2) is 6.61 Å². The van der Waals surface area contributed by atoms with E-state index in [2.05, 4.69) is 0 Å². The summed E-state index contributed by atoms with van der Waals surface area (Å²) in [7, 11) is 0. The van der Waals surface area contributed by atoms with Crippen molar-refractivity contribution in [2.75, 3.05) is 11.5 Å². The Labute approximate surface area is 174 Å². The number of amides is 2. The Morgan fingerprint density at radius 1 is 1.00 bits per heavy atom. The average Bonchev–Trinajstić information content (AvgIpc) is 2.71. The SMILES string of the molecule is Cc1cccc(N(Cc2ccccc2)C(=O)COc2ccc(Cl)cc2C(N)=O)c1. The molecule has 2 N–H and O–H groups in total. The van der Waals surface area contributed by atoms with Crippen LogP contribution < -0.4 is 15.4 Å². The van der Waals surface area contributed by atoms with Crippen molar-refractivity contribution >= 4 is 29.1 Å². The lowest BCUT2D eigenvalue weighted by atomic mass is 10.1. The summed E-state index contributed by atoms with van der Waals surface area (Å²) in [5, 5.41) is 0.364. The zero-order valence-corrected chi connectivity index (χ0v) is 16.7. The number of carbonyl (C=O) groups is 2. The summed E-state index contributed by atoms with van der Waals surface area (Å²) in [6.45, 7) is 2.12. The van der Waals surface area contributed by atoms with Crippen LogP contribution in [0.25, 0.3) is 0 Å². The third kappa shape index (κ3) is 5.36. The monoisotopic (exact) mass is 408 g/mol. The van der Waals surface area contributed by atoms with E-state index in [1.54, 1.807) is 11.0 Å². The molecule has 0 heterocycles. The van der Waals surface area contributed by atoms with Gasteiger partial charge in [0.05, 0.1) is 12.1 Å². The van der Waals surface area contributed by atoms with E-state index in [-0.39, 0.29) is 23.8 Å². The molecule has 0 saturated carbocycles. The van der Waals surface area contributed by atoms with Gasteiger partial charge >= 0.3 is 0 Å². The van der Waals surface area contributed by atoms with Crippen LogP contribution in [0.1, 0.15) is 21.5 Å². The Bertz CT molecular complexity index is 1020. The molecule has 0 aliphatic carbocycles. The van der Waals surface area contributed by atoms with Gasteiger partial charge in [-0.25, -0.2) is 0 Å². The number of nitrogens with zero attached hydrogens (tertiary/aromatic N) is 1. The van der Waals surface area contributed by atoms with E-state index >= 15 is 0 Å². The summed E-state index contributed by atoms with van der Waals surface area (Å²) in [6, 6.07) is 21.9. The summed E-state index contributed by atoms with van der Waals surface area (Å²) in [4.78, 5) is 26.3. The number of primary amides is 1. The van der Waals surface area contributed by atoms with E-state index in [1.807, 2.05) is 61.5 Å². The van der Waals surface area contributed by atoms with Crippen LogP contribution in [0, 0.1) is 6.92 Å². The first kappa shape index (κ1) is 20.4. The number of carbonyl (C=O) groups excluding carboxylic acids is 2. The lowest BCUT2D eigenvalue weighted by Crippen LogP contribution is -2.34. The summed E-state index contributed by atoms with van der Waals surface area (Å²) < 4.78 is 5.63. The predicted molar refractivity (Wildman–Crippen MR) is 114 cm³/mol. The number of ether oxygens (including phenoxy) is 1. The van der Waals surface area contributed by atoms with Gasteiger partial charge in [-0.05, 0) is 48.4 Å². The fourth-order valence-corrected chi connectivity index (χ4v) is 3.10. The molecule has 3 aromatic carbocycles. The molecule has 148 valence electrons. The van der Waals surface area contributed by atoms with Crippen LogP contribution >= 0.6 is 11.6 Å². The molecule has 0 atom stereocenters. The van der Waals surface area contributed by atoms with E-state index in [4.69, 9.17) is 22.1 Å². The van der Waals surface area contributed by atoms with Gasteiger partial charge in [0, 0.05) is 10.7 Å². The minimum absolute atomic E-state index is 0.135. The molecular formula is C23H21ClN2O3. The van der Waals surface area contributed by atoms with Gasteiger partial charge in [0.25, 0.3) is 11.8 Å². The molecule has 6 heteroatoms. The molecule has 0 saturated heterocycles. The molecular weight excluding hydrogens is 388 g/mol. The smallest absolute Gasteiger partial charge is 0.265 e. The Kier molecular flexibility index (Phi) is 6.52. The second kappa shape index (κ2) is 9.26. The molecule has 3 aromatic rings. The number of anilines is 1. The molecule has 0 aliphatic heterocycles. The lowest BCUT2D eigenvalue weighted by molar-refractivity contribution is -0.120. The van der Waals surface area contributed by atoms with Crippen molar-refractivity contribution < 1.29 is 14.3 Å². The second-order valence-electron chi connectivity index (χ2n) is 6.60. The number of hydrogen-bond donors (Lipinski definition) is 1. The molecule has 0 bridgehead atoms. The number of halogens is 1. The highest BCUT2D eigenvalue weighted by molar-refractivity contribution is 6.31. The minimum Gasteiger partial charge on any atom is -0.483 e. The zero-order valence-electron chi connectivity index (χ0n) is 16.0. The van der Waals surface area contributed by atoms with Gasteiger partial charge in [-0.1, -0.05) is 54.1 Å². The zero-order chi connectivity index (χ0) is 20.8. The highest BCUT2D eigenvalue weighted by Gasteiger charge is 2.19. The molecule has 29 heavy (non-hydrogen) atoms. The summed E-state index contributed by atoms with van der Waals surface area (Å²) in [6.07, 6.45) is 0. The first-order valence-corrected chi connectivity index (χ1v) is 9.45. The largest absolute Gasteiger partial charge is 0.483 e. The third-order valence-electron chi connectivity index (χ3n) is 4.36. The number of benzene rings is 3. The topological polar surface area (TPSA) is 72.6 Å². The maximum Gasteiger partial charge on any atom is 0.265 e. The van der Waals surface area contributed by atoms with Crippen molar-refractivity contribution in [1.82, 2.24) is 0 Å². The van der Waals surface area contributed by atoms with Gasteiger partial charge in [0.1, 0.15) is 5.75 Å².